The molecule has 0 aliphatic carbocycles. The molecule has 1 amide bonds. The van der Waals surface area contributed by atoms with Crippen molar-refractivity contribution in [1.82, 2.24) is 4.90 Å². The summed E-state index contributed by atoms with van der Waals surface area (Å²) < 4.78 is 18.3. The third-order valence-corrected chi connectivity index (χ3v) is 3.03. The topological polar surface area (TPSA) is 41.6 Å². The summed E-state index contributed by atoms with van der Waals surface area (Å²) in [4.78, 5) is 13.4. The molecule has 4 nitrogen and oxygen atoms in total. The van der Waals surface area contributed by atoms with Crippen LogP contribution in [0.25, 0.3) is 0 Å². The second-order valence-electron chi connectivity index (χ2n) is 6.14. The molecule has 1 fully saturated rings. The van der Waals surface area contributed by atoms with Gasteiger partial charge in [-0.15, -0.1) is 0 Å². The number of ether oxygens (including phenoxy) is 1. The number of halogens is 1. The molecule has 2 rings (SSSR count). The molecule has 0 spiro atoms. The average Bonchev–Trinajstić information content (AvgIpc) is 2.24. The molecule has 1 aromatic rings. The van der Waals surface area contributed by atoms with E-state index < -0.39 is 5.60 Å². The van der Waals surface area contributed by atoms with Crippen molar-refractivity contribution < 1.29 is 13.9 Å². The summed E-state index contributed by atoms with van der Waals surface area (Å²) in [6.45, 7) is 7.65. The van der Waals surface area contributed by atoms with Crippen molar-refractivity contribution in [1.29, 1.82) is 0 Å². The molecule has 110 valence electrons. The summed E-state index contributed by atoms with van der Waals surface area (Å²) >= 11 is 0. The molecule has 1 aliphatic heterocycles. The zero-order chi connectivity index (χ0) is 14.8. The molecule has 20 heavy (non-hydrogen) atoms. The summed E-state index contributed by atoms with van der Waals surface area (Å²) in [7, 11) is 0. The number of benzene rings is 1. The number of carbonyl (C=O) groups is 1. The van der Waals surface area contributed by atoms with Gasteiger partial charge in [0.15, 0.2) is 0 Å². The highest BCUT2D eigenvalue weighted by molar-refractivity contribution is 5.69. The molecule has 1 N–H and O–H groups in total. The van der Waals surface area contributed by atoms with Gasteiger partial charge < -0.3 is 15.0 Å². The smallest absolute Gasteiger partial charge is 0.410 e. The van der Waals surface area contributed by atoms with Crippen molar-refractivity contribution in [3.05, 3.63) is 30.1 Å². The van der Waals surface area contributed by atoms with Crippen molar-refractivity contribution >= 4 is 11.8 Å². The molecule has 1 saturated heterocycles. The largest absolute Gasteiger partial charge is 0.444 e. The number of nitrogens with zero attached hydrogens (tertiary/aromatic N) is 1. The van der Waals surface area contributed by atoms with E-state index >= 15 is 0 Å². The Morgan fingerprint density at radius 1 is 1.45 bits per heavy atom. The summed E-state index contributed by atoms with van der Waals surface area (Å²) in [6.07, 6.45) is -0.264. The first kappa shape index (κ1) is 14.6. The number of amides is 1. The number of carbonyl (C=O) groups excluding carboxylic acids is 1. The SMILES string of the molecule is CC(C)(C)OC(=O)N1CC(CNc2cccc(F)c2)C1. The summed E-state index contributed by atoms with van der Waals surface area (Å²) in [6, 6.07) is 6.38. The van der Waals surface area contributed by atoms with Crippen molar-refractivity contribution in [2.75, 3.05) is 25.0 Å². The molecule has 0 atom stereocenters. The van der Waals surface area contributed by atoms with Crippen LogP contribution in [0.4, 0.5) is 14.9 Å². The highest BCUT2D eigenvalue weighted by Crippen LogP contribution is 2.20. The molecule has 0 saturated carbocycles. The monoisotopic (exact) mass is 280 g/mol. The first-order valence-corrected chi connectivity index (χ1v) is 6.81. The predicted molar refractivity (Wildman–Crippen MR) is 76.2 cm³/mol. The van der Waals surface area contributed by atoms with Crippen LogP contribution in [0.5, 0.6) is 0 Å². The van der Waals surface area contributed by atoms with Crippen LogP contribution in [0.1, 0.15) is 20.8 Å². The number of rotatable bonds is 3. The number of anilines is 1. The van der Waals surface area contributed by atoms with E-state index in [0.717, 1.165) is 12.2 Å². The summed E-state index contributed by atoms with van der Waals surface area (Å²) in [5.74, 6) is 0.129. The second-order valence-corrected chi connectivity index (χ2v) is 6.14. The van der Waals surface area contributed by atoms with Gasteiger partial charge in [-0.2, -0.15) is 0 Å². The molecule has 0 aromatic heterocycles. The Balaban J connectivity index is 1.71. The first-order valence-electron chi connectivity index (χ1n) is 6.81. The maximum Gasteiger partial charge on any atom is 0.410 e. The molecule has 5 heteroatoms. The Morgan fingerprint density at radius 2 is 2.15 bits per heavy atom. The lowest BCUT2D eigenvalue weighted by Gasteiger charge is -2.39. The van der Waals surface area contributed by atoms with Crippen LogP contribution in [0.15, 0.2) is 24.3 Å². The van der Waals surface area contributed by atoms with E-state index in [2.05, 4.69) is 5.32 Å². The van der Waals surface area contributed by atoms with Crippen LogP contribution in [0, 0.1) is 11.7 Å². The average molecular weight is 280 g/mol. The zero-order valence-corrected chi connectivity index (χ0v) is 12.1. The van der Waals surface area contributed by atoms with Crippen molar-refractivity contribution in [3.63, 3.8) is 0 Å². The van der Waals surface area contributed by atoms with E-state index in [1.165, 1.54) is 12.1 Å². The zero-order valence-electron chi connectivity index (χ0n) is 12.1. The maximum atomic E-state index is 13.0. The fourth-order valence-corrected chi connectivity index (χ4v) is 2.04. The minimum atomic E-state index is -0.456. The van der Waals surface area contributed by atoms with Crippen molar-refractivity contribution in [3.8, 4) is 0 Å². The highest BCUT2D eigenvalue weighted by atomic mass is 19.1. The molecule has 0 bridgehead atoms. The summed E-state index contributed by atoms with van der Waals surface area (Å²) in [5, 5.41) is 3.18. The fourth-order valence-electron chi connectivity index (χ4n) is 2.04. The molecule has 1 aromatic carbocycles. The van der Waals surface area contributed by atoms with Crippen LogP contribution >= 0.6 is 0 Å². The van der Waals surface area contributed by atoms with E-state index in [-0.39, 0.29) is 11.9 Å². The Labute approximate surface area is 118 Å². The Hall–Kier alpha value is -1.78. The minimum Gasteiger partial charge on any atom is -0.444 e. The molecule has 0 unspecified atom stereocenters. The van der Waals surface area contributed by atoms with Crippen LogP contribution in [0.2, 0.25) is 0 Å². The normalized spacial score (nSPS) is 15.7. The van der Waals surface area contributed by atoms with E-state index in [1.54, 1.807) is 11.0 Å². The van der Waals surface area contributed by atoms with Crippen molar-refractivity contribution in [2.45, 2.75) is 26.4 Å². The molecular weight excluding hydrogens is 259 g/mol. The summed E-state index contributed by atoms with van der Waals surface area (Å²) in [5.41, 5.74) is 0.308. The van der Waals surface area contributed by atoms with E-state index in [0.29, 0.717) is 19.0 Å². The lowest BCUT2D eigenvalue weighted by Crippen LogP contribution is -2.53. The third-order valence-electron chi connectivity index (χ3n) is 3.03. The van der Waals surface area contributed by atoms with Gasteiger partial charge in [0.2, 0.25) is 0 Å². The van der Waals surface area contributed by atoms with Crippen LogP contribution in [0.3, 0.4) is 0 Å². The van der Waals surface area contributed by atoms with Gasteiger partial charge in [-0.3, -0.25) is 0 Å². The third kappa shape index (κ3) is 4.11. The van der Waals surface area contributed by atoms with Gasteiger partial charge in [-0.05, 0) is 39.0 Å². The van der Waals surface area contributed by atoms with Crippen LogP contribution in [-0.2, 0) is 4.74 Å². The van der Waals surface area contributed by atoms with Gasteiger partial charge in [-0.1, -0.05) is 6.07 Å². The number of hydrogen-bond donors (Lipinski definition) is 1. The fraction of sp³-hybridized carbons (Fsp3) is 0.533. The Kier molecular flexibility index (Phi) is 4.16. The quantitative estimate of drug-likeness (QED) is 0.925. The van der Waals surface area contributed by atoms with Crippen LogP contribution < -0.4 is 5.32 Å². The lowest BCUT2D eigenvalue weighted by atomic mass is 10.0. The first-order chi connectivity index (χ1) is 9.33. The standard InChI is InChI=1S/C15H21FN2O2/c1-15(2,3)20-14(19)18-9-11(10-18)8-17-13-6-4-5-12(16)7-13/h4-7,11,17H,8-10H2,1-3H3. The maximum absolute atomic E-state index is 13.0. The van der Waals surface area contributed by atoms with E-state index in [1.807, 2.05) is 26.8 Å². The van der Waals surface area contributed by atoms with E-state index in [4.69, 9.17) is 4.74 Å². The van der Waals surface area contributed by atoms with Crippen molar-refractivity contribution in [2.24, 2.45) is 5.92 Å². The molecular formula is C15H21FN2O2. The second kappa shape index (κ2) is 5.69. The van der Waals surface area contributed by atoms with Gasteiger partial charge in [0.05, 0.1) is 0 Å². The predicted octanol–water partition coefficient (Wildman–Crippen LogP) is 3.10. The Bertz CT molecular complexity index is 479. The van der Waals surface area contributed by atoms with Gasteiger partial charge in [-0.25, -0.2) is 9.18 Å². The lowest BCUT2D eigenvalue weighted by molar-refractivity contribution is 0.000848. The molecule has 1 heterocycles. The molecule has 1 aliphatic rings. The number of likely N-dealkylation sites (tertiary alicyclic amines) is 1. The Morgan fingerprint density at radius 3 is 2.75 bits per heavy atom. The van der Waals surface area contributed by atoms with Crippen LogP contribution in [-0.4, -0.2) is 36.2 Å². The minimum absolute atomic E-state index is 0.251. The van der Waals surface area contributed by atoms with E-state index in [9.17, 15) is 9.18 Å². The number of hydrogen-bond acceptors (Lipinski definition) is 3. The number of nitrogens with one attached hydrogen (secondary N) is 1. The molecule has 0 radical (unpaired) electrons. The highest BCUT2D eigenvalue weighted by Gasteiger charge is 2.33. The van der Waals surface area contributed by atoms with Gasteiger partial charge in [0.25, 0.3) is 0 Å². The van der Waals surface area contributed by atoms with Gasteiger partial charge in [0.1, 0.15) is 11.4 Å². The van der Waals surface area contributed by atoms with Gasteiger partial charge >= 0.3 is 6.09 Å². The van der Waals surface area contributed by atoms with Gasteiger partial charge in [0, 0.05) is 31.2 Å².